The number of methoxy groups -OCH3 is 1. The fourth-order valence-corrected chi connectivity index (χ4v) is 2.49. The lowest BCUT2D eigenvalue weighted by molar-refractivity contribution is -0.162. The Labute approximate surface area is 130 Å². The maximum Gasteiger partial charge on any atom is 0.254 e. The Bertz CT molecular complexity index is 561. The highest BCUT2D eigenvalue weighted by atomic mass is 16.5. The SMILES string of the molecule is COc1ccccc1CNC(=O)[C@]1(C)CN(C(C)=O)CCO1. The van der Waals surface area contributed by atoms with Crippen molar-refractivity contribution in [1.29, 1.82) is 0 Å². The van der Waals surface area contributed by atoms with Crippen molar-refractivity contribution in [3.63, 3.8) is 0 Å². The Morgan fingerprint density at radius 2 is 2.14 bits per heavy atom. The van der Waals surface area contributed by atoms with Gasteiger partial charge in [0.1, 0.15) is 5.75 Å². The summed E-state index contributed by atoms with van der Waals surface area (Å²) in [4.78, 5) is 25.6. The summed E-state index contributed by atoms with van der Waals surface area (Å²) >= 11 is 0. The van der Waals surface area contributed by atoms with E-state index in [0.29, 0.717) is 19.7 Å². The van der Waals surface area contributed by atoms with Crippen molar-refractivity contribution in [2.75, 3.05) is 26.8 Å². The maximum atomic E-state index is 12.4. The molecule has 0 saturated carbocycles. The monoisotopic (exact) mass is 306 g/mol. The topological polar surface area (TPSA) is 67.9 Å². The first kappa shape index (κ1) is 16.3. The molecule has 0 radical (unpaired) electrons. The molecule has 6 heteroatoms. The number of carbonyl (C=O) groups excluding carboxylic acids is 2. The van der Waals surface area contributed by atoms with Gasteiger partial charge in [-0.2, -0.15) is 0 Å². The van der Waals surface area contributed by atoms with Crippen LogP contribution in [0.25, 0.3) is 0 Å². The average molecular weight is 306 g/mol. The summed E-state index contributed by atoms with van der Waals surface area (Å²) in [6.07, 6.45) is 0. The van der Waals surface area contributed by atoms with Crippen molar-refractivity contribution in [3.05, 3.63) is 29.8 Å². The Morgan fingerprint density at radius 3 is 2.82 bits per heavy atom. The molecule has 0 aliphatic carbocycles. The number of morpholine rings is 1. The van der Waals surface area contributed by atoms with Crippen LogP contribution in [0, 0.1) is 0 Å². The van der Waals surface area contributed by atoms with Crippen molar-refractivity contribution >= 4 is 11.8 Å². The van der Waals surface area contributed by atoms with Gasteiger partial charge < -0.3 is 19.7 Å². The van der Waals surface area contributed by atoms with Gasteiger partial charge >= 0.3 is 0 Å². The molecule has 6 nitrogen and oxygen atoms in total. The number of benzene rings is 1. The molecule has 1 saturated heterocycles. The number of amides is 2. The summed E-state index contributed by atoms with van der Waals surface area (Å²) in [5, 5.41) is 2.86. The maximum absolute atomic E-state index is 12.4. The second kappa shape index (κ2) is 6.79. The first-order valence-corrected chi connectivity index (χ1v) is 7.26. The highest BCUT2D eigenvalue weighted by molar-refractivity contribution is 5.86. The summed E-state index contributed by atoms with van der Waals surface area (Å²) in [7, 11) is 1.59. The van der Waals surface area contributed by atoms with Gasteiger partial charge in [0.15, 0.2) is 5.60 Å². The average Bonchev–Trinajstić information content (AvgIpc) is 2.52. The van der Waals surface area contributed by atoms with Crippen LogP contribution in [0.1, 0.15) is 19.4 Å². The van der Waals surface area contributed by atoms with Crippen molar-refractivity contribution in [3.8, 4) is 5.75 Å². The van der Waals surface area contributed by atoms with Crippen LogP contribution in [-0.4, -0.2) is 49.1 Å². The Morgan fingerprint density at radius 1 is 1.41 bits per heavy atom. The van der Waals surface area contributed by atoms with Crippen molar-refractivity contribution in [1.82, 2.24) is 10.2 Å². The molecule has 1 aromatic carbocycles. The number of hydrogen-bond acceptors (Lipinski definition) is 4. The summed E-state index contributed by atoms with van der Waals surface area (Å²) < 4.78 is 10.9. The second-order valence-electron chi connectivity index (χ2n) is 5.51. The Balaban J connectivity index is 2.00. The molecule has 1 aliphatic heterocycles. The van der Waals surface area contributed by atoms with Gasteiger partial charge in [0.25, 0.3) is 5.91 Å². The van der Waals surface area contributed by atoms with Gasteiger partial charge in [-0.3, -0.25) is 9.59 Å². The predicted octanol–water partition coefficient (Wildman–Crippen LogP) is 0.949. The molecular formula is C16H22N2O4. The molecule has 0 spiro atoms. The van der Waals surface area contributed by atoms with Gasteiger partial charge in [-0.1, -0.05) is 18.2 Å². The standard InChI is InChI=1S/C16H22N2O4/c1-12(19)18-8-9-22-16(2,11-18)15(20)17-10-13-6-4-5-7-14(13)21-3/h4-7H,8-11H2,1-3H3,(H,17,20)/t16-/m0/s1. The van der Waals surface area contributed by atoms with E-state index in [4.69, 9.17) is 9.47 Å². The van der Waals surface area contributed by atoms with Gasteiger partial charge in [-0.25, -0.2) is 0 Å². The second-order valence-corrected chi connectivity index (χ2v) is 5.51. The minimum absolute atomic E-state index is 0.0490. The van der Waals surface area contributed by atoms with E-state index < -0.39 is 5.60 Å². The normalized spacial score (nSPS) is 21.3. The number of ether oxygens (including phenoxy) is 2. The summed E-state index contributed by atoms with van der Waals surface area (Å²) in [5.41, 5.74) is -0.132. The van der Waals surface area contributed by atoms with E-state index in [-0.39, 0.29) is 18.4 Å². The van der Waals surface area contributed by atoms with Crippen LogP contribution in [0.4, 0.5) is 0 Å². The van der Waals surface area contributed by atoms with Crippen molar-refractivity contribution in [2.45, 2.75) is 26.0 Å². The van der Waals surface area contributed by atoms with E-state index in [1.807, 2.05) is 24.3 Å². The quantitative estimate of drug-likeness (QED) is 0.899. The van der Waals surface area contributed by atoms with Crippen LogP contribution in [0.3, 0.4) is 0 Å². The van der Waals surface area contributed by atoms with Crippen LogP contribution in [0.5, 0.6) is 5.75 Å². The van der Waals surface area contributed by atoms with E-state index in [1.165, 1.54) is 6.92 Å². The third kappa shape index (κ3) is 3.57. The summed E-state index contributed by atoms with van der Waals surface area (Å²) in [6, 6.07) is 7.50. The van der Waals surface area contributed by atoms with Gasteiger partial charge in [0, 0.05) is 25.6 Å². The molecule has 1 atom stereocenters. The molecule has 120 valence electrons. The number of rotatable bonds is 4. The highest BCUT2D eigenvalue weighted by Gasteiger charge is 2.39. The number of nitrogens with zero attached hydrogens (tertiary/aromatic N) is 1. The van der Waals surface area contributed by atoms with E-state index in [2.05, 4.69) is 5.32 Å². The molecule has 1 aromatic rings. The van der Waals surface area contributed by atoms with Gasteiger partial charge in [-0.05, 0) is 13.0 Å². The van der Waals surface area contributed by atoms with Crippen LogP contribution < -0.4 is 10.1 Å². The number of hydrogen-bond donors (Lipinski definition) is 1. The first-order chi connectivity index (χ1) is 10.5. The summed E-state index contributed by atoms with van der Waals surface area (Å²) in [5.74, 6) is 0.444. The highest BCUT2D eigenvalue weighted by Crippen LogP contribution is 2.20. The molecular weight excluding hydrogens is 284 g/mol. The third-order valence-electron chi connectivity index (χ3n) is 3.83. The van der Waals surface area contributed by atoms with E-state index in [0.717, 1.165) is 11.3 Å². The molecule has 1 heterocycles. The largest absolute Gasteiger partial charge is 0.496 e. The van der Waals surface area contributed by atoms with E-state index in [9.17, 15) is 9.59 Å². The van der Waals surface area contributed by atoms with Crippen LogP contribution in [0.2, 0.25) is 0 Å². The lowest BCUT2D eigenvalue weighted by Crippen LogP contribution is -2.58. The minimum atomic E-state index is -1.02. The molecule has 22 heavy (non-hydrogen) atoms. The van der Waals surface area contributed by atoms with E-state index >= 15 is 0 Å². The van der Waals surface area contributed by atoms with Crippen LogP contribution in [0.15, 0.2) is 24.3 Å². The van der Waals surface area contributed by atoms with Crippen LogP contribution >= 0.6 is 0 Å². The lowest BCUT2D eigenvalue weighted by Gasteiger charge is -2.38. The number of para-hydroxylation sites is 1. The zero-order valence-corrected chi connectivity index (χ0v) is 13.2. The van der Waals surface area contributed by atoms with Crippen molar-refractivity contribution < 1.29 is 19.1 Å². The van der Waals surface area contributed by atoms with Gasteiger partial charge in [-0.15, -0.1) is 0 Å². The number of nitrogens with one attached hydrogen (secondary N) is 1. The fraction of sp³-hybridized carbons (Fsp3) is 0.500. The lowest BCUT2D eigenvalue weighted by atomic mass is 10.0. The molecule has 1 N–H and O–H groups in total. The molecule has 0 aromatic heterocycles. The van der Waals surface area contributed by atoms with Crippen molar-refractivity contribution in [2.24, 2.45) is 0 Å². The molecule has 1 aliphatic rings. The Kier molecular flexibility index (Phi) is 5.03. The molecule has 1 fully saturated rings. The molecule has 0 unspecified atom stereocenters. The molecule has 2 rings (SSSR count). The van der Waals surface area contributed by atoms with Gasteiger partial charge in [0.05, 0.1) is 20.3 Å². The smallest absolute Gasteiger partial charge is 0.254 e. The zero-order valence-electron chi connectivity index (χ0n) is 13.2. The molecule has 0 bridgehead atoms. The number of carbonyl (C=O) groups is 2. The summed E-state index contributed by atoms with van der Waals surface area (Å²) in [6.45, 7) is 4.70. The third-order valence-corrected chi connectivity index (χ3v) is 3.83. The van der Waals surface area contributed by atoms with E-state index in [1.54, 1.807) is 18.9 Å². The van der Waals surface area contributed by atoms with Gasteiger partial charge in [0.2, 0.25) is 5.91 Å². The Hall–Kier alpha value is -2.08. The fourth-order valence-electron chi connectivity index (χ4n) is 2.49. The zero-order chi connectivity index (χ0) is 16.2. The first-order valence-electron chi connectivity index (χ1n) is 7.26. The van der Waals surface area contributed by atoms with Crippen LogP contribution in [-0.2, 0) is 20.9 Å². The molecule has 2 amide bonds. The predicted molar refractivity (Wildman–Crippen MR) is 81.5 cm³/mol. The minimum Gasteiger partial charge on any atom is -0.496 e.